The molecule has 19 heavy (non-hydrogen) atoms. The van der Waals surface area contributed by atoms with E-state index >= 15 is 0 Å². The molecule has 4 N–H and O–H groups in total. The van der Waals surface area contributed by atoms with E-state index in [0.29, 0.717) is 5.56 Å². The maximum atomic E-state index is 12.7. The van der Waals surface area contributed by atoms with E-state index < -0.39 is 47.5 Å². The minimum Gasteiger partial charge on any atom is -0.398 e. The molecular weight excluding hydrogens is 240 g/mol. The molecule has 2 aromatic carbocycles. The van der Waals surface area contributed by atoms with Gasteiger partial charge in [0.2, 0.25) is 5.91 Å². The molecule has 0 fully saturated rings. The van der Waals surface area contributed by atoms with Crippen molar-refractivity contribution in [2.45, 2.75) is 6.42 Å². The Balaban J connectivity index is 2.65. The fraction of sp³-hybridized carbons (Fsp3) is 0.0667. The lowest BCUT2D eigenvalue weighted by Gasteiger charge is -2.09. The van der Waals surface area contributed by atoms with Gasteiger partial charge in [0, 0.05) is 16.8 Å². The van der Waals surface area contributed by atoms with E-state index in [1.807, 2.05) is 0 Å². The molecule has 0 heterocycles. The highest BCUT2D eigenvalue weighted by Gasteiger charge is 2.14. The van der Waals surface area contributed by atoms with Gasteiger partial charge in [-0.3, -0.25) is 9.59 Å². The molecule has 0 saturated heterocycles. The molecule has 1 amide bonds. The number of carbonyl (C=O) groups excluding carboxylic acids is 2. The lowest BCUT2D eigenvalue weighted by Crippen LogP contribution is -2.16. The third-order valence-electron chi connectivity index (χ3n) is 2.53. The van der Waals surface area contributed by atoms with E-state index in [0.717, 1.165) is 0 Å². The smallest absolute Gasteiger partial charge is 0.221 e. The monoisotopic (exact) mass is 259 g/mol. The molecule has 2 rings (SSSR count). The summed E-state index contributed by atoms with van der Waals surface area (Å²) in [5.74, 6) is -1.44. The summed E-state index contributed by atoms with van der Waals surface area (Å²) in [7, 11) is 0. The number of nitrogens with two attached hydrogens (primary N) is 2. The van der Waals surface area contributed by atoms with Gasteiger partial charge in [-0.1, -0.05) is 42.3 Å². The summed E-state index contributed by atoms with van der Waals surface area (Å²) in [5.41, 5.74) is 10.8. The number of nitrogen functional groups attached to an aromatic ring is 1. The summed E-state index contributed by atoms with van der Waals surface area (Å²) in [6.07, 6.45) is -0.173. The third-order valence-corrected chi connectivity index (χ3v) is 2.53. The summed E-state index contributed by atoms with van der Waals surface area (Å²) in [4.78, 5) is 23.8. The third kappa shape index (κ3) is 2.80. The lowest BCUT2D eigenvalue weighted by molar-refractivity contribution is -0.117. The Morgan fingerprint density at radius 1 is 1.16 bits per heavy atom. The minimum atomic E-state index is -0.809. The Bertz CT molecular complexity index is 838. The van der Waals surface area contributed by atoms with Gasteiger partial charge in [0.25, 0.3) is 0 Å². The van der Waals surface area contributed by atoms with Crippen LogP contribution in [0.1, 0.15) is 28.3 Å². The molecule has 0 spiro atoms. The van der Waals surface area contributed by atoms with Crippen LogP contribution < -0.4 is 11.5 Å². The number of carbonyl (C=O) groups is 2. The number of para-hydroxylation sites is 1. The molecule has 96 valence electrons. The van der Waals surface area contributed by atoms with E-state index in [2.05, 4.69) is 0 Å². The van der Waals surface area contributed by atoms with Crippen LogP contribution in [0.4, 0.5) is 5.69 Å². The van der Waals surface area contributed by atoms with Crippen molar-refractivity contribution in [2.75, 3.05) is 5.73 Å². The minimum absolute atomic E-state index is 0.00638. The van der Waals surface area contributed by atoms with Crippen LogP contribution in [0.5, 0.6) is 0 Å². The van der Waals surface area contributed by atoms with Crippen molar-refractivity contribution in [2.24, 2.45) is 5.73 Å². The zero-order valence-corrected chi connectivity index (χ0v) is 9.91. The van der Waals surface area contributed by atoms with Crippen LogP contribution in [-0.2, 0) is 11.2 Å². The van der Waals surface area contributed by atoms with Crippen LogP contribution in [0.2, 0.25) is 0 Å². The molecule has 0 unspecified atom stereocenters. The predicted molar refractivity (Wildman–Crippen MR) is 73.6 cm³/mol. The van der Waals surface area contributed by atoms with Gasteiger partial charge in [-0.25, -0.2) is 0 Å². The van der Waals surface area contributed by atoms with Crippen molar-refractivity contribution in [3.8, 4) is 0 Å². The molecule has 0 aliphatic rings. The summed E-state index contributed by atoms with van der Waals surface area (Å²) in [5, 5.41) is 0. The molecule has 2 aromatic rings. The average molecular weight is 259 g/mol. The second kappa shape index (κ2) is 5.35. The van der Waals surface area contributed by atoms with Crippen molar-refractivity contribution in [1.82, 2.24) is 0 Å². The van der Waals surface area contributed by atoms with Gasteiger partial charge in [-0.15, -0.1) is 0 Å². The van der Waals surface area contributed by atoms with Crippen LogP contribution in [-0.4, -0.2) is 11.7 Å². The standard InChI is InChI=1S/C15H14N2O2/c16-13(18)9-11-7-4-8-12(14(11)17)15(19)10-5-2-1-3-6-10/h1-8H,9,17H2,(H2,16,18)/i1D,2D,3D,5D,6D. The molecule has 4 nitrogen and oxygen atoms in total. The molecule has 4 heteroatoms. The topological polar surface area (TPSA) is 86.2 Å². The van der Waals surface area contributed by atoms with E-state index in [4.69, 9.17) is 18.3 Å². The maximum absolute atomic E-state index is 12.7. The summed E-state index contributed by atoms with van der Waals surface area (Å²) < 4.78 is 38.5. The van der Waals surface area contributed by atoms with Gasteiger partial charge in [0.1, 0.15) is 0 Å². The number of anilines is 1. The van der Waals surface area contributed by atoms with Crippen molar-refractivity contribution in [3.63, 3.8) is 0 Å². The van der Waals surface area contributed by atoms with Crippen LogP contribution in [0, 0.1) is 0 Å². The first-order valence-electron chi connectivity index (χ1n) is 7.94. The van der Waals surface area contributed by atoms with Crippen molar-refractivity contribution in [3.05, 3.63) is 65.1 Å². The zero-order chi connectivity index (χ0) is 18.2. The second-order valence-corrected chi connectivity index (χ2v) is 3.85. The van der Waals surface area contributed by atoms with Crippen LogP contribution >= 0.6 is 0 Å². The number of hydrogen-bond acceptors (Lipinski definition) is 3. The Kier molecular flexibility index (Phi) is 2.18. The normalized spacial score (nSPS) is 13.8. The van der Waals surface area contributed by atoms with Crippen LogP contribution in [0.25, 0.3) is 0 Å². The van der Waals surface area contributed by atoms with Gasteiger partial charge < -0.3 is 11.5 Å². The first kappa shape index (κ1) is 7.74. The van der Waals surface area contributed by atoms with Gasteiger partial charge >= 0.3 is 0 Å². The van der Waals surface area contributed by atoms with Gasteiger partial charge in [-0.05, 0) is 11.6 Å². The van der Waals surface area contributed by atoms with E-state index in [-0.39, 0.29) is 17.7 Å². The number of benzene rings is 2. The number of amides is 1. The van der Waals surface area contributed by atoms with Crippen molar-refractivity contribution in [1.29, 1.82) is 0 Å². The Labute approximate surface area is 118 Å². The number of ketones is 1. The fourth-order valence-electron chi connectivity index (χ4n) is 1.65. The van der Waals surface area contributed by atoms with Gasteiger partial charge in [0.05, 0.1) is 13.3 Å². The molecule has 0 aliphatic carbocycles. The Hall–Kier alpha value is -2.62. The molecule has 0 aromatic heterocycles. The van der Waals surface area contributed by atoms with E-state index in [9.17, 15) is 9.59 Å². The highest BCUT2D eigenvalue weighted by Crippen LogP contribution is 2.21. The van der Waals surface area contributed by atoms with Crippen LogP contribution in [0.3, 0.4) is 0 Å². The molecule has 0 atom stereocenters. The zero-order valence-electron chi connectivity index (χ0n) is 14.9. The van der Waals surface area contributed by atoms with Crippen molar-refractivity contribution >= 4 is 17.4 Å². The van der Waals surface area contributed by atoms with Gasteiger partial charge in [-0.2, -0.15) is 0 Å². The second-order valence-electron chi connectivity index (χ2n) is 3.85. The molecule has 0 aliphatic heterocycles. The quantitative estimate of drug-likeness (QED) is 0.645. The first-order chi connectivity index (χ1) is 11.2. The maximum Gasteiger partial charge on any atom is 0.221 e. The fourth-order valence-corrected chi connectivity index (χ4v) is 1.65. The van der Waals surface area contributed by atoms with Gasteiger partial charge in [0.15, 0.2) is 5.78 Å². The molecular formula is C15H14N2O2. The van der Waals surface area contributed by atoms with Crippen molar-refractivity contribution < 1.29 is 16.4 Å². The lowest BCUT2D eigenvalue weighted by atomic mass is 9.98. The number of rotatable bonds is 4. The van der Waals surface area contributed by atoms with Crippen LogP contribution in [0.15, 0.2) is 48.4 Å². The largest absolute Gasteiger partial charge is 0.398 e. The molecule has 0 saturated carbocycles. The first-order valence-corrected chi connectivity index (χ1v) is 5.44. The molecule has 0 bridgehead atoms. The summed E-state index contributed by atoms with van der Waals surface area (Å²) in [6, 6.07) is 1.37. The number of hydrogen-bond donors (Lipinski definition) is 2. The summed E-state index contributed by atoms with van der Waals surface area (Å²) >= 11 is 0. The Morgan fingerprint density at radius 2 is 1.84 bits per heavy atom. The Morgan fingerprint density at radius 3 is 2.47 bits per heavy atom. The predicted octanol–water partition coefficient (Wildman–Crippen LogP) is 1.53. The highest BCUT2D eigenvalue weighted by molar-refractivity contribution is 6.12. The number of primary amides is 1. The SMILES string of the molecule is [2H]c1c([2H])c([2H])c(C(=O)c2cccc(CC(N)=O)c2N)c([2H])c1[2H]. The summed E-state index contributed by atoms with van der Waals surface area (Å²) in [6.45, 7) is 0. The van der Waals surface area contributed by atoms with E-state index in [1.165, 1.54) is 18.2 Å². The van der Waals surface area contributed by atoms with E-state index in [1.54, 1.807) is 0 Å². The molecule has 0 radical (unpaired) electrons. The highest BCUT2D eigenvalue weighted by atomic mass is 16.1. The average Bonchev–Trinajstić information content (AvgIpc) is 2.52.